The van der Waals surface area contributed by atoms with Gasteiger partial charge in [-0.05, 0) is 19.1 Å². The molecule has 1 amide bonds. The third kappa shape index (κ3) is 4.28. The zero-order chi connectivity index (χ0) is 12.7. The first-order chi connectivity index (χ1) is 8.15. The van der Waals surface area contributed by atoms with Crippen molar-refractivity contribution >= 4 is 11.9 Å². The summed E-state index contributed by atoms with van der Waals surface area (Å²) in [6, 6.07) is 3.54. The summed E-state index contributed by atoms with van der Waals surface area (Å²) < 4.78 is 6.63. The molecule has 1 aromatic rings. The molecule has 0 aromatic carbocycles. The molecular formula is C11H16N2O4. The molecule has 0 saturated heterocycles. The Morgan fingerprint density at radius 2 is 2.29 bits per heavy atom. The Morgan fingerprint density at radius 1 is 1.53 bits per heavy atom. The van der Waals surface area contributed by atoms with E-state index in [-0.39, 0.29) is 19.1 Å². The molecule has 0 fully saturated rings. The van der Waals surface area contributed by atoms with E-state index in [1.807, 2.05) is 17.7 Å². The van der Waals surface area contributed by atoms with Crippen molar-refractivity contribution in [3.05, 3.63) is 24.0 Å². The second-order valence-electron chi connectivity index (χ2n) is 3.38. The Kier molecular flexibility index (Phi) is 5.22. The summed E-state index contributed by atoms with van der Waals surface area (Å²) in [6.07, 6.45) is 1.83. The minimum Gasteiger partial charge on any atom is -0.480 e. The van der Waals surface area contributed by atoms with Gasteiger partial charge in [-0.1, -0.05) is 0 Å². The number of aliphatic carboxylic acids is 1. The molecule has 0 aliphatic rings. The second kappa shape index (κ2) is 6.70. The molecule has 0 aliphatic carbocycles. The van der Waals surface area contributed by atoms with E-state index in [0.29, 0.717) is 12.2 Å². The van der Waals surface area contributed by atoms with Crippen LogP contribution in [0.5, 0.6) is 0 Å². The Hall–Kier alpha value is -1.82. The zero-order valence-corrected chi connectivity index (χ0v) is 9.68. The lowest BCUT2D eigenvalue weighted by Gasteiger charge is -2.07. The minimum absolute atomic E-state index is 0.184. The van der Waals surface area contributed by atoms with Gasteiger partial charge in [0.05, 0.1) is 6.61 Å². The SMILES string of the molecule is CCn1cccc1C(=O)NCCOCC(=O)O. The molecule has 0 bridgehead atoms. The highest BCUT2D eigenvalue weighted by atomic mass is 16.5. The van der Waals surface area contributed by atoms with Gasteiger partial charge in [0.1, 0.15) is 12.3 Å². The van der Waals surface area contributed by atoms with E-state index in [1.165, 1.54) is 0 Å². The van der Waals surface area contributed by atoms with Crippen LogP contribution in [0.3, 0.4) is 0 Å². The summed E-state index contributed by atoms with van der Waals surface area (Å²) in [5, 5.41) is 11.0. The van der Waals surface area contributed by atoms with Gasteiger partial charge in [-0.15, -0.1) is 0 Å². The van der Waals surface area contributed by atoms with Crippen molar-refractivity contribution in [1.29, 1.82) is 0 Å². The number of aryl methyl sites for hydroxylation is 1. The number of carboxylic acids is 1. The van der Waals surface area contributed by atoms with Crippen LogP contribution in [0.15, 0.2) is 18.3 Å². The molecule has 0 unspecified atom stereocenters. The number of nitrogens with one attached hydrogen (secondary N) is 1. The Labute approximate surface area is 99.2 Å². The van der Waals surface area contributed by atoms with Crippen molar-refractivity contribution in [2.24, 2.45) is 0 Å². The molecule has 17 heavy (non-hydrogen) atoms. The van der Waals surface area contributed by atoms with Crippen molar-refractivity contribution in [2.45, 2.75) is 13.5 Å². The van der Waals surface area contributed by atoms with Crippen LogP contribution < -0.4 is 5.32 Å². The molecule has 1 heterocycles. The lowest BCUT2D eigenvalue weighted by molar-refractivity contribution is -0.142. The van der Waals surface area contributed by atoms with Gasteiger partial charge < -0.3 is 19.7 Å². The van der Waals surface area contributed by atoms with Crippen molar-refractivity contribution in [3.63, 3.8) is 0 Å². The molecule has 2 N–H and O–H groups in total. The average molecular weight is 240 g/mol. The summed E-state index contributed by atoms with van der Waals surface area (Å²) in [6.45, 7) is 2.81. The standard InChI is InChI=1S/C11H16N2O4/c1-2-13-6-3-4-9(13)11(16)12-5-7-17-8-10(14)15/h3-4,6H,2,5,7-8H2,1H3,(H,12,16)(H,14,15). The van der Waals surface area contributed by atoms with Gasteiger partial charge in [-0.2, -0.15) is 0 Å². The molecule has 1 rings (SSSR count). The number of ether oxygens (including phenoxy) is 1. The third-order valence-electron chi connectivity index (χ3n) is 2.16. The van der Waals surface area contributed by atoms with Crippen molar-refractivity contribution in [3.8, 4) is 0 Å². The van der Waals surface area contributed by atoms with Gasteiger partial charge in [-0.25, -0.2) is 4.79 Å². The smallest absolute Gasteiger partial charge is 0.329 e. The maximum absolute atomic E-state index is 11.7. The molecule has 0 aliphatic heterocycles. The summed E-state index contributed by atoms with van der Waals surface area (Å²) in [7, 11) is 0. The van der Waals surface area contributed by atoms with Crippen LogP contribution in [-0.4, -0.2) is 41.3 Å². The van der Waals surface area contributed by atoms with Crippen molar-refractivity contribution in [1.82, 2.24) is 9.88 Å². The number of carbonyl (C=O) groups excluding carboxylic acids is 1. The quantitative estimate of drug-likeness (QED) is 0.673. The van der Waals surface area contributed by atoms with Gasteiger partial charge >= 0.3 is 5.97 Å². The lowest BCUT2D eigenvalue weighted by Crippen LogP contribution is -2.29. The van der Waals surface area contributed by atoms with Gasteiger partial charge in [0.15, 0.2) is 0 Å². The predicted molar refractivity (Wildman–Crippen MR) is 60.9 cm³/mol. The van der Waals surface area contributed by atoms with E-state index < -0.39 is 5.97 Å². The Morgan fingerprint density at radius 3 is 2.94 bits per heavy atom. The fourth-order valence-electron chi connectivity index (χ4n) is 1.38. The highest BCUT2D eigenvalue weighted by Gasteiger charge is 2.08. The first-order valence-corrected chi connectivity index (χ1v) is 5.38. The normalized spacial score (nSPS) is 10.2. The van der Waals surface area contributed by atoms with Gasteiger partial charge in [-0.3, -0.25) is 4.79 Å². The van der Waals surface area contributed by atoms with Gasteiger partial charge in [0.25, 0.3) is 5.91 Å². The van der Waals surface area contributed by atoms with E-state index >= 15 is 0 Å². The van der Waals surface area contributed by atoms with Crippen LogP contribution in [-0.2, 0) is 16.1 Å². The van der Waals surface area contributed by atoms with E-state index in [4.69, 9.17) is 9.84 Å². The Bertz CT molecular complexity index is 387. The number of carboxylic acid groups (broad SMARTS) is 1. The molecule has 94 valence electrons. The highest BCUT2D eigenvalue weighted by molar-refractivity contribution is 5.92. The largest absolute Gasteiger partial charge is 0.480 e. The number of carbonyl (C=O) groups is 2. The van der Waals surface area contributed by atoms with Crippen LogP contribution in [0, 0.1) is 0 Å². The van der Waals surface area contributed by atoms with Crippen LogP contribution in [0.4, 0.5) is 0 Å². The average Bonchev–Trinajstić information content (AvgIpc) is 2.75. The summed E-state index contributed by atoms with van der Waals surface area (Å²) in [5.41, 5.74) is 0.589. The van der Waals surface area contributed by atoms with Crippen LogP contribution in [0.2, 0.25) is 0 Å². The van der Waals surface area contributed by atoms with Gasteiger partial charge in [0, 0.05) is 19.3 Å². The maximum Gasteiger partial charge on any atom is 0.329 e. The monoisotopic (exact) mass is 240 g/mol. The van der Waals surface area contributed by atoms with E-state index in [0.717, 1.165) is 6.54 Å². The molecular weight excluding hydrogens is 224 g/mol. The zero-order valence-electron chi connectivity index (χ0n) is 9.68. The van der Waals surface area contributed by atoms with E-state index in [9.17, 15) is 9.59 Å². The highest BCUT2D eigenvalue weighted by Crippen LogP contribution is 2.01. The van der Waals surface area contributed by atoms with E-state index in [1.54, 1.807) is 12.1 Å². The van der Waals surface area contributed by atoms with Crippen LogP contribution >= 0.6 is 0 Å². The maximum atomic E-state index is 11.7. The predicted octanol–water partition coefficient (Wildman–Crippen LogP) is 0.339. The lowest BCUT2D eigenvalue weighted by atomic mass is 10.4. The first-order valence-electron chi connectivity index (χ1n) is 5.38. The summed E-state index contributed by atoms with van der Waals surface area (Å²) in [4.78, 5) is 21.8. The molecule has 0 atom stereocenters. The summed E-state index contributed by atoms with van der Waals surface area (Å²) >= 11 is 0. The van der Waals surface area contributed by atoms with Crippen molar-refractivity contribution < 1.29 is 19.4 Å². The van der Waals surface area contributed by atoms with Crippen LogP contribution in [0.1, 0.15) is 17.4 Å². The fourth-order valence-corrected chi connectivity index (χ4v) is 1.38. The Balaban J connectivity index is 2.28. The first kappa shape index (κ1) is 13.2. The van der Waals surface area contributed by atoms with Crippen LogP contribution in [0.25, 0.3) is 0 Å². The number of amides is 1. The number of aromatic nitrogens is 1. The topological polar surface area (TPSA) is 80.6 Å². The summed E-state index contributed by atoms with van der Waals surface area (Å²) in [5.74, 6) is -1.20. The molecule has 0 radical (unpaired) electrons. The molecule has 6 heteroatoms. The third-order valence-corrected chi connectivity index (χ3v) is 2.16. The molecule has 6 nitrogen and oxygen atoms in total. The minimum atomic E-state index is -1.02. The second-order valence-corrected chi connectivity index (χ2v) is 3.38. The van der Waals surface area contributed by atoms with E-state index in [2.05, 4.69) is 5.32 Å². The molecule has 1 aromatic heterocycles. The van der Waals surface area contributed by atoms with Gasteiger partial charge in [0.2, 0.25) is 0 Å². The van der Waals surface area contributed by atoms with Crippen molar-refractivity contribution in [2.75, 3.05) is 19.8 Å². The molecule has 0 spiro atoms. The number of hydrogen-bond acceptors (Lipinski definition) is 3. The number of nitrogens with zero attached hydrogens (tertiary/aromatic N) is 1. The number of hydrogen-bond donors (Lipinski definition) is 2. The fraction of sp³-hybridized carbons (Fsp3) is 0.455. The number of rotatable bonds is 7. The molecule has 0 saturated carbocycles.